The van der Waals surface area contributed by atoms with Gasteiger partial charge in [0.05, 0.1) is 25.0 Å². The highest BCUT2D eigenvalue weighted by atomic mass is 32.1. The lowest BCUT2D eigenvalue weighted by Crippen LogP contribution is -2.15. The van der Waals surface area contributed by atoms with Crippen LogP contribution in [0.25, 0.3) is 10.4 Å². The zero-order valence-corrected chi connectivity index (χ0v) is 16.1. The molecule has 1 N–H and O–H groups in total. The maximum Gasteiger partial charge on any atom is 0.350 e. The number of thiophene rings is 1. The molecule has 0 spiro atoms. The molecular formula is C21H18FNO4S. The molecule has 7 heteroatoms. The Balaban J connectivity index is 1.96. The summed E-state index contributed by atoms with van der Waals surface area (Å²) in [7, 11) is 1.58. The molecular weight excluding hydrogens is 381 g/mol. The van der Waals surface area contributed by atoms with E-state index in [2.05, 4.69) is 5.32 Å². The van der Waals surface area contributed by atoms with E-state index in [0.29, 0.717) is 5.75 Å². The molecule has 28 heavy (non-hydrogen) atoms. The van der Waals surface area contributed by atoms with E-state index in [1.54, 1.807) is 38.3 Å². The lowest BCUT2D eigenvalue weighted by molar-refractivity contribution is 0.0533. The summed E-state index contributed by atoms with van der Waals surface area (Å²) in [5, 5.41) is 2.63. The summed E-state index contributed by atoms with van der Waals surface area (Å²) in [4.78, 5) is 25.8. The standard InChI is InChI=1S/C21H18FNO4S/c1-3-27-21(25)19-17(23-20(24)15-6-4-5-7-16(15)22)12-18(28-19)13-8-10-14(26-2)11-9-13/h4-12H,3H2,1-2H3,(H,23,24). The minimum absolute atomic E-state index is 0.102. The number of ether oxygens (including phenoxy) is 2. The molecule has 0 saturated heterocycles. The largest absolute Gasteiger partial charge is 0.497 e. The van der Waals surface area contributed by atoms with Crippen LogP contribution < -0.4 is 10.1 Å². The molecule has 144 valence electrons. The van der Waals surface area contributed by atoms with Crippen LogP contribution in [-0.4, -0.2) is 25.6 Å². The van der Waals surface area contributed by atoms with Gasteiger partial charge < -0.3 is 14.8 Å². The van der Waals surface area contributed by atoms with Crippen molar-refractivity contribution in [3.05, 3.63) is 70.9 Å². The molecule has 0 aliphatic carbocycles. The molecule has 0 saturated carbocycles. The van der Waals surface area contributed by atoms with Crippen LogP contribution in [0.1, 0.15) is 27.0 Å². The number of benzene rings is 2. The average molecular weight is 399 g/mol. The maximum atomic E-state index is 13.9. The van der Waals surface area contributed by atoms with Gasteiger partial charge in [-0.25, -0.2) is 9.18 Å². The quantitative estimate of drug-likeness (QED) is 0.593. The smallest absolute Gasteiger partial charge is 0.350 e. The van der Waals surface area contributed by atoms with Crippen molar-refractivity contribution in [3.8, 4) is 16.2 Å². The van der Waals surface area contributed by atoms with Crippen LogP contribution in [-0.2, 0) is 4.74 Å². The predicted molar refractivity (Wildman–Crippen MR) is 107 cm³/mol. The molecule has 0 atom stereocenters. The Morgan fingerprint density at radius 3 is 2.46 bits per heavy atom. The van der Waals surface area contributed by atoms with Crippen molar-refractivity contribution in [1.29, 1.82) is 0 Å². The van der Waals surface area contributed by atoms with E-state index in [9.17, 15) is 14.0 Å². The molecule has 0 fully saturated rings. The summed E-state index contributed by atoms with van der Waals surface area (Å²) < 4.78 is 24.1. The summed E-state index contributed by atoms with van der Waals surface area (Å²) in [5.74, 6) is -1.11. The van der Waals surface area contributed by atoms with Gasteiger partial charge in [-0.1, -0.05) is 12.1 Å². The van der Waals surface area contributed by atoms with Crippen molar-refractivity contribution in [1.82, 2.24) is 0 Å². The van der Waals surface area contributed by atoms with Crippen LogP contribution >= 0.6 is 11.3 Å². The molecule has 0 unspecified atom stereocenters. The minimum atomic E-state index is -0.636. The molecule has 0 radical (unpaired) electrons. The van der Waals surface area contributed by atoms with E-state index >= 15 is 0 Å². The highest BCUT2D eigenvalue weighted by molar-refractivity contribution is 7.18. The highest BCUT2D eigenvalue weighted by Gasteiger charge is 2.21. The molecule has 0 aliphatic heterocycles. The molecule has 1 heterocycles. The van der Waals surface area contributed by atoms with Crippen LogP contribution in [0.3, 0.4) is 0 Å². The molecule has 3 rings (SSSR count). The summed E-state index contributed by atoms with van der Waals surface area (Å²) in [5.41, 5.74) is 1.03. The van der Waals surface area contributed by atoms with Crippen molar-refractivity contribution in [2.45, 2.75) is 6.92 Å². The number of rotatable bonds is 6. The third-order valence-electron chi connectivity index (χ3n) is 3.93. The van der Waals surface area contributed by atoms with Crippen molar-refractivity contribution < 1.29 is 23.5 Å². The molecule has 1 aromatic heterocycles. The normalized spacial score (nSPS) is 10.4. The van der Waals surface area contributed by atoms with Gasteiger partial charge in [0.1, 0.15) is 16.4 Å². The second-order valence-corrected chi connectivity index (χ2v) is 6.79. The second-order valence-electron chi connectivity index (χ2n) is 5.74. The zero-order valence-electron chi connectivity index (χ0n) is 15.3. The van der Waals surface area contributed by atoms with Crippen LogP contribution in [0.2, 0.25) is 0 Å². The third kappa shape index (κ3) is 4.20. The predicted octanol–water partition coefficient (Wildman–Crippen LogP) is 4.99. The number of esters is 1. The van der Waals surface area contributed by atoms with Gasteiger partial charge >= 0.3 is 5.97 Å². The Morgan fingerprint density at radius 2 is 1.82 bits per heavy atom. The van der Waals surface area contributed by atoms with E-state index in [0.717, 1.165) is 10.4 Å². The number of hydrogen-bond acceptors (Lipinski definition) is 5. The van der Waals surface area contributed by atoms with E-state index in [1.165, 1.54) is 29.5 Å². The van der Waals surface area contributed by atoms with E-state index < -0.39 is 17.7 Å². The Hall–Kier alpha value is -3.19. The maximum absolute atomic E-state index is 13.9. The molecule has 3 aromatic rings. The number of hydrogen-bond donors (Lipinski definition) is 1. The van der Waals surface area contributed by atoms with Gasteiger partial charge in [0.2, 0.25) is 0 Å². The second kappa shape index (κ2) is 8.67. The van der Waals surface area contributed by atoms with Crippen molar-refractivity contribution in [2.24, 2.45) is 0 Å². The number of methoxy groups -OCH3 is 1. The van der Waals surface area contributed by atoms with Gasteiger partial charge in [0, 0.05) is 4.88 Å². The first-order chi connectivity index (χ1) is 13.5. The van der Waals surface area contributed by atoms with Crippen LogP contribution in [0, 0.1) is 5.82 Å². The van der Waals surface area contributed by atoms with Gasteiger partial charge in [-0.05, 0) is 55.0 Å². The Bertz CT molecular complexity index is 998. The van der Waals surface area contributed by atoms with Gasteiger partial charge in [0.15, 0.2) is 0 Å². The zero-order chi connectivity index (χ0) is 20.1. The van der Waals surface area contributed by atoms with Crippen LogP contribution in [0.5, 0.6) is 5.75 Å². The first kappa shape index (κ1) is 19.6. The monoisotopic (exact) mass is 399 g/mol. The lowest BCUT2D eigenvalue weighted by atomic mass is 10.1. The third-order valence-corrected chi connectivity index (χ3v) is 5.10. The van der Waals surface area contributed by atoms with E-state index in [4.69, 9.17) is 9.47 Å². The lowest BCUT2D eigenvalue weighted by Gasteiger charge is -2.06. The summed E-state index contributed by atoms with van der Waals surface area (Å²) >= 11 is 1.19. The number of halogens is 1. The first-order valence-corrected chi connectivity index (χ1v) is 9.36. The first-order valence-electron chi connectivity index (χ1n) is 8.54. The van der Waals surface area contributed by atoms with E-state index in [1.807, 2.05) is 12.1 Å². The number of carbonyl (C=O) groups is 2. The number of anilines is 1. The highest BCUT2D eigenvalue weighted by Crippen LogP contribution is 2.36. The van der Waals surface area contributed by atoms with Crippen LogP contribution in [0.15, 0.2) is 54.6 Å². The molecule has 1 amide bonds. The van der Waals surface area contributed by atoms with E-state index in [-0.39, 0.29) is 22.7 Å². The van der Waals surface area contributed by atoms with Crippen LogP contribution in [0.4, 0.5) is 10.1 Å². The van der Waals surface area contributed by atoms with Gasteiger partial charge in [-0.15, -0.1) is 11.3 Å². The SMILES string of the molecule is CCOC(=O)c1sc(-c2ccc(OC)cc2)cc1NC(=O)c1ccccc1F. The molecule has 5 nitrogen and oxygen atoms in total. The number of carbonyl (C=O) groups excluding carboxylic acids is 2. The Labute approximate surface area is 165 Å². The fraction of sp³-hybridized carbons (Fsp3) is 0.143. The number of amides is 1. The minimum Gasteiger partial charge on any atom is -0.497 e. The van der Waals surface area contributed by atoms with Crippen molar-refractivity contribution >= 4 is 28.9 Å². The fourth-order valence-corrected chi connectivity index (χ4v) is 3.58. The van der Waals surface area contributed by atoms with Crippen molar-refractivity contribution in [2.75, 3.05) is 19.0 Å². The Kier molecular flexibility index (Phi) is 6.06. The molecule has 0 aliphatic rings. The Morgan fingerprint density at radius 1 is 1.11 bits per heavy atom. The van der Waals surface area contributed by atoms with Crippen molar-refractivity contribution in [3.63, 3.8) is 0 Å². The average Bonchev–Trinajstić information content (AvgIpc) is 3.12. The topological polar surface area (TPSA) is 64.6 Å². The summed E-state index contributed by atoms with van der Waals surface area (Å²) in [6, 6.07) is 14.6. The summed E-state index contributed by atoms with van der Waals surface area (Å²) in [6.07, 6.45) is 0. The summed E-state index contributed by atoms with van der Waals surface area (Å²) in [6.45, 7) is 1.91. The molecule has 2 aromatic carbocycles. The fourth-order valence-electron chi connectivity index (χ4n) is 2.56. The number of nitrogens with one attached hydrogen (secondary N) is 1. The van der Waals surface area contributed by atoms with Gasteiger partial charge in [-0.2, -0.15) is 0 Å². The molecule has 0 bridgehead atoms. The van der Waals surface area contributed by atoms with Gasteiger partial charge in [0.25, 0.3) is 5.91 Å². The van der Waals surface area contributed by atoms with Gasteiger partial charge in [-0.3, -0.25) is 4.79 Å².